The molecule has 1 amide bonds. The van der Waals surface area contributed by atoms with Gasteiger partial charge in [0.05, 0.1) is 0 Å². The summed E-state index contributed by atoms with van der Waals surface area (Å²) in [7, 11) is 0. The molecule has 0 aliphatic carbocycles. The zero-order valence-electron chi connectivity index (χ0n) is 18.0. The largest absolute Gasteiger partial charge is 0.457 e. The second-order valence-electron chi connectivity index (χ2n) is 7.94. The summed E-state index contributed by atoms with van der Waals surface area (Å²) in [6.45, 7) is 0.388. The molecule has 1 aliphatic rings. The SMILES string of the molecule is O=C(C[C@@H]1C/C=C/CCC(=O)O[C@H](c2ccccc2)CCC1=O)NCc1ccc(Cl)cc1. The number of ketones is 1. The van der Waals surface area contributed by atoms with Crippen molar-refractivity contribution in [1.82, 2.24) is 5.32 Å². The van der Waals surface area contributed by atoms with E-state index in [4.69, 9.17) is 16.3 Å². The Morgan fingerprint density at radius 1 is 1.00 bits per heavy atom. The first kappa shape index (κ1) is 23.7. The van der Waals surface area contributed by atoms with Crippen molar-refractivity contribution < 1.29 is 19.1 Å². The van der Waals surface area contributed by atoms with Gasteiger partial charge in [-0.05, 0) is 42.5 Å². The van der Waals surface area contributed by atoms with Gasteiger partial charge in [-0.3, -0.25) is 14.4 Å². The fraction of sp³-hybridized carbons (Fsp3) is 0.346. The highest BCUT2D eigenvalue weighted by atomic mass is 35.5. The first-order chi connectivity index (χ1) is 15.5. The van der Waals surface area contributed by atoms with Gasteiger partial charge < -0.3 is 10.1 Å². The van der Waals surface area contributed by atoms with Crippen molar-refractivity contribution in [3.8, 4) is 0 Å². The van der Waals surface area contributed by atoms with Crippen LogP contribution in [0, 0.1) is 5.92 Å². The molecule has 0 fully saturated rings. The Kier molecular flexibility index (Phi) is 9.05. The molecule has 0 aromatic heterocycles. The van der Waals surface area contributed by atoms with E-state index < -0.39 is 12.0 Å². The molecule has 0 bridgehead atoms. The molecule has 5 nitrogen and oxygen atoms in total. The van der Waals surface area contributed by atoms with Crippen LogP contribution in [0.5, 0.6) is 0 Å². The van der Waals surface area contributed by atoms with Gasteiger partial charge in [-0.25, -0.2) is 0 Å². The van der Waals surface area contributed by atoms with E-state index in [1.165, 1.54) is 0 Å². The van der Waals surface area contributed by atoms with E-state index >= 15 is 0 Å². The lowest BCUT2D eigenvalue weighted by molar-refractivity contribution is -0.150. The standard InChI is InChI=1S/C26H28ClNO4/c27-22-13-11-19(12-14-22)18-28-25(30)17-21-9-5-2-6-10-26(31)32-24(16-15-23(21)29)20-7-3-1-4-8-20/h1-5,7-8,11-14,21,24H,6,9-10,15-18H2,(H,28,30)/b5-2+/t21-,24-/m0/s1. The number of ether oxygens (including phenoxy) is 1. The Hall–Kier alpha value is -2.92. The van der Waals surface area contributed by atoms with Gasteiger partial charge in [-0.1, -0.05) is 66.2 Å². The minimum atomic E-state index is -0.463. The fourth-order valence-corrected chi connectivity index (χ4v) is 3.79. The Morgan fingerprint density at radius 3 is 2.50 bits per heavy atom. The highest BCUT2D eigenvalue weighted by Gasteiger charge is 2.24. The monoisotopic (exact) mass is 453 g/mol. The molecule has 2 aromatic carbocycles. The molecule has 0 saturated heterocycles. The highest BCUT2D eigenvalue weighted by Crippen LogP contribution is 2.26. The summed E-state index contributed by atoms with van der Waals surface area (Å²) in [6, 6.07) is 16.7. The van der Waals surface area contributed by atoms with Crippen LogP contribution in [0.1, 0.15) is 55.8 Å². The predicted octanol–water partition coefficient (Wildman–Crippen LogP) is 5.34. The summed E-state index contributed by atoms with van der Waals surface area (Å²) in [4.78, 5) is 37.7. The maximum atomic E-state index is 13.0. The number of hydrogen-bond acceptors (Lipinski definition) is 4. The first-order valence-corrected chi connectivity index (χ1v) is 11.3. The third kappa shape index (κ3) is 7.65. The number of carbonyl (C=O) groups excluding carboxylic acids is 3. The van der Waals surface area contributed by atoms with Crippen LogP contribution in [0.15, 0.2) is 66.7 Å². The molecule has 2 aromatic rings. The van der Waals surface area contributed by atoms with Crippen LogP contribution < -0.4 is 5.32 Å². The minimum Gasteiger partial charge on any atom is -0.457 e. The summed E-state index contributed by atoms with van der Waals surface area (Å²) >= 11 is 5.89. The third-order valence-corrected chi connectivity index (χ3v) is 5.74. The van der Waals surface area contributed by atoms with E-state index in [2.05, 4.69) is 5.32 Å². The van der Waals surface area contributed by atoms with Gasteiger partial charge in [0.15, 0.2) is 0 Å². The van der Waals surface area contributed by atoms with Crippen molar-refractivity contribution in [3.05, 3.63) is 82.9 Å². The Labute approximate surface area is 193 Å². The molecule has 6 heteroatoms. The second kappa shape index (κ2) is 12.2. The second-order valence-corrected chi connectivity index (χ2v) is 8.38. The van der Waals surface area contributed by atoms with Gasteiger partial charge in [0.2, 0.25) is 5.91 Å². The van der Waals surface area contributed by atoms with E-state index in [9.17, 15) is 14.4 Å². The molecule has 3 rings (SSSR count). The first-order valence-electron chi connectivity index (χ1n) is 10.9. The molecule has 1 N–H and O–H groups in total. The average Bonchev–Trinajstić information content (AvgIpc) is 2.80. The molecule has 2 atom stereocenters. The number of nitrogens with one attached hydrogen (secondary N) is 1. The van der Waals surface area contributed by atoms with Gasteiger partial charge >= 0.3 is 5.97 Å². The lowest BCUT2D eigenvalue weighted by atomic mass is 9.91. The van der Waals surface area contributed by atoms with Crippen LogP contribution >= 0.6 is 11.6 Å². The van der Waals surface area contributed by atoms with E-state index in [0.717, 1.165) is 11.1 Å². The maximum absolute atomic E-state index is 13.0. The van der Waals surface area contributed by atoms with E-state index in [0.29, 0.717) is 37.3 Å². The van der Waals surface area contributed by atoms with Crippen LogP contribution in [0.4, 0.5) is 0 Å². The number of benzene rings is 2. The van der Waals surface area contributed by atoms with Crippen LogP contribution in [-0.2, 0) is 25.7 Å². The molecular weight excluding hydrogens is 426 g/mol. The van der Waals surface area contributed by atoms with Gasteiger partial charge in [0.25, 0.3) is 0 Å². The van der Waals surface area contributed by atoms with Gasteiger partial charge in [0, 0.05) is 36.7 Å². The fourth-order valence-electron chi connectivity index (χ4n) is 3.66. The molecule has 0 saturated carbocycles. The Balaban J connectivity index is 1.62. The third-order valence-electron chi connectivity index (χ3n) is 5.49. The zero-order valence-corrected chi connectivity index (χ0v) is 18.7. The summed E-state index contributed by atoms with van der Waals surface area (Å²) in [6.07, 6.45) is 5.41. The van der Waals surface area contributed by atoms with E-state index in [1.807, 2.05) is 54.6 Å². The van der Waals surface area contributed by atoms with Gasteiger partial charge in [-0.2, -0.15) is 0 Å². The van der Waals surface area contributed by atoms with E-state index in [1.54, 1.807) is 12.1 Å². The summed E-state index contributed by atoms with van der Waals surface area (Å²) in [5.41, 5.74) is 1.82. The number of Topliss-reactive ketones (excluding diaryl/α,β-unsaturated/α-hetero) is 1. The van der Waals surface area contributed by atoms with Crippen LogP contribution in [-0.4, -0.2) is 17.7 Å². The molecule has 168 valence electrons. The van der Waals surface area contributed by atoms with Crippen LogP contribution in [0.3, 0.4) is 0 Å². The number of esters is 1. The normalized spacial score (nSPS) is 21.0. The van der Waals surface area contributed by atoms with Crippen molar-refractivity contribution in [1.29, 1.82) is 0 Å². The molecule has 32 heavy (non-hydrogen) atoms. The summed E-state index contributed by atoms with van der Waals surface area (Å²) in [5, 5.41) is 3.53. The molecular formula is C26H28ClNO4. The molecule has 0 spiro atoms. The van der Waals surface area contributed by atoms with Crippen LogP contribution in [0.2, 0.25) is 5.02 Å². The molecule has 1 aliphatic heterocycles. The van der Waals surface area contributed by atoms with Crippen molar-refractivity contribution in [2.45, 2.75) is 51.2 Å². The summed E-state index contributed by atoms with van der Waals surface area (Å²) in [5.74, 6) is -0.823. The van der Waals surface area contributed by atoms with Crippen molar-refractivity contribution >= 4 is 29.3 Å². The molecule has 0 radical (unpaired) electrons. The minimum absolute atomic E-state index is 0.00819. The van der Waals surface area contributed by atoms with Crippen molar-refractivity contribution in [3.63, 3.8) is 0 Å². The topological polar surface area (TPSA) is 72.5 Å². The number of cyclic esters (lactones) is 1. The lowest BCUT2D eigenvalue weighted by Gasteiger charge is -2.20. The number of carbonyl (C=O) groups is 3. The van der Waals surface area contributed by atoms with Gasteiger partial charge in [-0.15, -0.1) is 0 Å². The number of allylic oxidation sites excluding steroid dienone is 2. The predicted molar refractivity (Wildman–Crippen MR) is 124 cm³/mol. The zero-order chi connectivity index (χ0) is 22.8. The quantitative estimate of drug-likeness (QED) is 0.490. The Morgan fingerprint density at radius 2 is 1.75 bits per heavy atom. The summed E-state index contributed by atoms with van der Waals surface area (Å²) < 4.78 is 5.66. The van der Waals surface area contributed by atoms with Gasteiger partial charge in [0.1, 0.15) is 11.9 Å². The number of hydrogen-bond donors (Lipinski definition) is 1. The lowest BCUT2D eigenvalue weighted by Crippen LogP contribution is -2.28. The van der Waals surface area contributed by atoms with Crippen molar-refractivity contribution in [2.24, 2.45) is 5.92 Å². The average molecular weight is 454 g/mol. The Bertz CT molecular complexity index is 940. The van der Waals surface area contributed by atoms with Crippen LogP contribution in [0.25, 0.3) is 0 Å². The number of halogens is 1. The number of amides is 1. The number of rotatable bonds is 5. The van der Waals surface area contributed by atoms with E-state index in [-0.39, 0.29) is 30.5 Å². The smallest absolute Gasteiger partial charge is 0.306 e. The van der Waals surface area contributed by atoms with Crippen molar-refractivity contribution in [2.75, 3.05) is 0 Å². The highest BCUT2D eigenvalue weighted by molar-refractivity contribution is 6.30. The maximum Gasteiger partial charge on any atom is 0.306 e. The molecule has 0 unspecified atom stereocenters. The molecule has 1 heterocycles.